The van der Waals surface area contributed by atoms with Gasteiger partial charge >= 0.3 is 4.87 Å². The number of carbonyl (C=O) groups excluding carboxylic acids is 1. The number of thiazole rings is 1. The molecule has 6 heteroatoms. The molecule has 0 spiro atoms. The fraction of sp³-hybridized carbons (Fsp3) is 0.333. The number of carbonyl (C=O) groups is 1. The minimum absolute atomic E-state index is 0.0124. The normalized spacial score (nSPS) is 12.1. The minimum Gasteiger partial charge on any atom is -0.344 e. The standard InChI is InChI=1S/C21H24N2O2S2/c1-3-5-16-7-9-17(10-8-16)20(18-6-4-13-26-18)22-19(24)11-12-23-15(2)14-27-21(23)25/h4,6-10,13-14,20H,3,5,11-12H2,1-2H3,(H,22,24). The highest BCUT2D eigenvalue weighted by Crippen LogP contribution is 2.26. The van der Waals surface area contributed by atoms with E-state index >= 15 is 0 Å². The second-order valence-corrected chi connectivity index (χ2v) is 8.35. The summed E-state index contributed by atoms with van der Waals surface area (Å²) in [5.41, 5.74) is 3.29. The second kappa shape index (κ2) is 9.15. The van der Waals surface area contributed by atoms with Gasteiger partial charge in [-0.3, -0.25) is 9.59 Å². The minimum atomic E-state index is -0.159. The van der Waals surface area contributed by atoms with Crippen molar-refractivity contribution in [2.45, 2.75) is 45.7 Å². The van der Waals surface area contributed by atoms with Crippen molar-refractivity contribution in [3.63, 3.8) is 0 Å². The number of hydrogen-bond donors (Lipinski definition) is 1. The van der Waals surface area contributed by atoms with Crippen LogP contribution in [-0.4, -0.2) is 10.5 Å². The molecule has 0 saturated carbocycles. The third-order valence-electron chi connectivity index (χ3n) is 4.52. The zero-order valence-corrected chi connectivity index (χ0v) is 17.2. The number of rotatable bonds is 8. The van der Waals surface area contributed by atoms with Crippen molar-refractivity contribution in [1.82, 2.24) is 9.88 Å². The van der Waals surface area contributed by atoms with Crippen LogP contribution in [0, 0.1) is 6.92 Å². The molecule has 4 nitrogen and oxygen atoms in total. The summed E-state index contributed by atoms with van der Waals surface area (Å²) in [6, 6.07) is 12.4. The highest BCUT2D eigenvalue weighted by molar-refractivity contribution is 7.10. The Kier molecular flexibility index (Phi) is 6.63. The maximum Gasteiger partial charge on any atom is 0.307 e. The number of nitrogens with one attached hydrogen (secondary N) is 1. The molecule has 0 fully saturated rings. The summed E-state index contributed by atoms with van der Waals surface area (Å²) in [6.45, 7) is 4.47. The fourth-order valence-corrected chi connectivity index (χ4v) is 4.62. The molecule has 0 bridgehead atoms. The maximum absolute atomic E-state index is 12.6. The van der Waals surface area contributed by atoms with Gasteiger partial charge in [0.05, 0.1) is 6.04 Å². The molecule has 0 aliphatic carbocycles. The Labute approximate surface area is 167 Å². The van der Waals surface area contributed by atoms with E-state index in [4.69, 9.17) is 0 Å². The first-order valence-electron chi connectivity index (χ1n) is 9.15. The van der Waals surface area contributed by atoms with Crippen molar-refractivity contribution in [3.8, 4) is 0 Å². The van der Waals surface area contributed by atoms with Gasteiger partial charge < -0.3 is 9.88 Å². The maximum atomic E-state index is 12.6. The van der Waals surface area contributed by atoms with E-state index in [1.54, 1.807) is 15.9 Å². The van der Waals surface area contributed by atoms with E-state index in [0.717, 1.165) is 29.0 Å². The molecule has 0 radical (unpaired) electrons. The van der Waals surface area contributed by atoms with Crippen molar-refractivity contribution in [1.29, 1.82) is 0 Å². The first-order chi connectivity index (χ1) is 13.1. The lowest BCUT2D eigenvalue weighted by Crippen LogP contribution is -2.30. The van der Waals surface area contributed by atoms with Gasteiger partial charge in [0.25, 0.3) is 0 Å². The third kappa shape index (κ3) is 4.96. The van der Waals surface area contributed by atoms with Gasteiger partial charge in [-0.25, -0.2) is 0 Å². The molecule has 0 aliphatic heterocycles. The molecule has 0 saturated heterocycles. The first-order valence-corrected chi connectivity index (χ1v) is 10.9. The van der Waals surface area contributed by atoms with Crippen LogP contribution in [0.3, 0.4) is 0 Å². The van der Waals surface area contributed by atoms with E-state index < -0.39 is 0 Å². The van der Waals surface area contributed by atoms with E-state index in [0.29, 0.717) is 6.54 Å². The number of thiophene rings is 1. The van der Waals surface area contributed by atoms with Crippen LogP contribution in [0.25, 0.3) is 0 Å². The number of aromatic nitrogens is 1. The molecule has 1 aromatic carbocycles. The Balaban J connectivity index is 1.72. The predicted octanol–water partition coefficient (Wildman–Crippen LogP) is 4.53. The number of hydrogen-bond acceptors (Lipinski definition) is 4. The summed E-state index contributed by atoms with van der Waals surface area (Å²) in [7, 11) is 0. The van der Waals surface area contributed by atoms with Crippen LogP contribution in [-0.2, 0) is 17.8 Å². The Hall–Kier alpha value is -2.18. The molecule has 2 aromatic heterocycles. The van der Waals surface area contributed by atoms with Gasteiger partial charge in [-0.2, -0.15) is 0 Å². The third-order valence-corrected chi connectivity index (χ3v) is 6.34. The lowest BCUT2D eigenvalue weighted by Gasteiger charge is -2.19. The quantitative estimate of drug-likeness (QED) is 0.604. The van der Waals surface area contributed by atoms with Crippen molar-refractivity contribution in [2.75, 3.05) is 0 Å². The van der Waals surface area contributed by atoms with Gasteiger partial charge in [-0.05, 0) is 35.9 Å². The van der Waals surface area contributed by atoms with E-state index in [-0.39, 0.29) is 23.2 Å². The molecule has 3 aromatic rings. The second-order valence-electron chi connectivity index (χ2n) is 6.55. The Morgan fingerprint density at radius 3 is 2.56 bits per heavy atom. The van der Waals surface area contributed by atoms with Crippen LogP contribution in [0.5, 0.6) is 0 Å². The average molecular weight is 401 g/mol. The SMILES string of the molecule is CCCc1ccc(C(NC(=O)CCn2c(C)csc2=O)c2cccs2)cc1. The van der Waals surface area contributed by atoms with E-state index in [2.05, 4.69) is 36.5 Å². The summed E-state index contributed by atoms with van der Waals surface area (Å²) in [5.74, 6) is -0.0523. The lowest BCUT2D eigenvalue weighted by molar-refractivity contribution is -0.121. The molecule has 1 atom stereocenters. The average Bonchev–Trinajstić information content (AvgIpc) is 3.30. The molecule has 0 aliphatic rings. The summed E-state index contributed by atoms with van der Waals surface area (Å²) >= 11 is 2.81. The van der Waals surface area contributed by atoms with E-state index in [9.17, 15) is 9.59 Å². The Morgan fingerprint density at radius 1 is 1.19 bits per heavy atom. The van der Waals surface area contributed by atoms with Gasteiger partial charge in [0.1, 0.15) is 0 Å². The largest absolute Gasteiger partial charge is 0.344 e. The van der Waals surface area contributed by atoms with Crippen molar-refractivity contribution >= 4 is 28.6 Å². The van der Waals surface area contributed by atoms with Crippen LogP contribution in [0.2, 0.25) is 0 Å². The van der Waals surface area contributed by atoms with Crippen LogP contribution >= 0.6 is 22.7 Å². The molecule has 142 valence electrons. The summed E-state index contributed by atoms with van der Waals surface area (Å²) in [5, 5.41) is 7.00. The smallest absolute Gasteiger partial charge is 0.307 e. The van der Waals surface area contributed by atoms with E-state index in [1.807, 2.05) is 29.8 Å². The molecule has 3 rings (SSSR count). The Morgan fingerprint density at radius 2 is 1.96 bits per heavy atom. The summed E-state index contributed by atoms with van der Waals surface area (Å²) < 4.78 is 1.66. The highest BCUT2D eigenvalue weighted by Gasteiger charge is 2.18. The zero-order chi connectivity index (χ0) is 19.2. The summed E-state index contributed by atoms with van der Waals surface area (Å²) in [4.78, 5) is 25.5. The first kappa shape index (κ1) is 19.6. The van der Waals surface area contributed by atoms with Crippen molar-refractivity contribution in [3.05, 3.63) is 78.5 Å². The molecular weight excluding hydrogens is 376 g/mol. The number of aryl methyl sites for hydroxylation is 2. The molecule has 1 unspecified atom stereocenters. The lowest BCUT2D eigenvalue weighted by atomic mass is 10.0. The molecule has 2 heterocycles. The Bertz CT molecular complexity index is 924. The van der Waals surface area contributed by atoms with Gasteiger partial charge in [-0.15, -0.1) is 11.3 Å². The van der Waals surface area contributed by atoms with Gasteiger partial charge in [0, 0.05) is 28.9 Å². The monoisotopic (exact) mass is 400 g/mol. The van der Waals surface area contributed by atoms with Gasteiger partial charge in [0.15, 0.2) is 0 Å². The van der Waals surface area contributed by atoms with E-state index in [1.165, 1.54) is 16.9 Å². The topological polar surface area (TPSA) is 51.1 Å². The van der Waals surface area contributed by atoms with Crippen LogP contribution < -0.4 is 10.2 Å². The van der Waals surface area contributed by atoms with Gasteiger partial charge in [-0.1, -0.05) is 55.0 Å². The predicted molar refractivity (Wildman–Crippen MR) is 113 cm³/mol. The van der Waals surface area contributed by atoms with Crippen LogP contribution in [0.4, 0.5) is 0 Å². The zero-order valence-electron chi connectivity index (χ0n) is 15.6. The van der Waals surface area contributed by atoms with Crippen LogP contribution in [0.1, 0.15) is 47.5 Å². The molecule has 27 heavy (non-hydrogen) atoms. The number of amides is 1. The van der Waals surface area contributed by atoms with Gasteiger partial charge in [0.2, 0.25) is 5.91 Å². The van der Waals surface area contributed by atoms with Crippen LogP contribution in [0.15, 0.2) is 52.0 Å². The highest BCUT2D eigenvalue weighted by atomic mass is 32.1. The fourth-order valence-electron chi connectivity index (χ4n) is 3.06. The van der Waals surface area contributed by atoms with Crippen molar-refractivity contribution < 1.29 is 4.79 Å². The summed E-state index contributed by atoms with van der Waals surface area (Å²) in [6.07, 6.45) is 2.46. The van der Waals surface area contributed by atoms with Crippen molar-refractivity contribution in [2.24, 2.45) is 0 Å². The number of nitrogens with zero attached hydrogens (tertiary/aromatic N) is 1. The number of benzene rings is 1. The molecule has 1 N–H and O–H groups in total. The molecule has 1 amide bonds. The molecular formula is C21H24N2O2S2.